The molecule has 3 N–H and O–H groups in total. The summed E-state index contributed by atoms with van der Waals surface area (Å²) in [6.07, 6.45) is 2.30. The number of carbonyl (C=O) groups is 1. The highest BCUT2D eigenvalue weighted by atomic mass is 16.3. The van der Waals surface area contributed by atoms with Crippen molar-refractivity contribution in [1.82, 2.24) is 20.4 Å². The fraction of sp³-hybridized carbons (Fsp3) is 0.733. The van der Waals surface area contributed by atoms with E-state index in [1.165, 1.54) is 0 Å². The van der Waals surface area contributed by atoms with Crippen LogP contribution >= 0.6 is 0 Å². The molecule has 1 saturated heterocycles. The average molecular weight is 294 g/mol. The lowest BCUT2D eigenvalue weighted by atomic mass is 9.95. The molecule has 2 rings (SSSR count). The Morgan fingerprint density at radius 2 is 2.29 bits per heavy atom. The molecule has 1 atom stereocenters. The number of aryl methyl sites for hydroxylation is 1. The maximum absolute atomic E-state index is 12.3. The van der Waals surface area contributed by atoms with E-state index < -0.39 is 5.60 Å². The van der Waals surface area contributed by atoms with Crippen LogP contribution in [-0.4, -0.2) is 46.0 Å². The molecule has 2 heterocycles. The summed E-state index contributed by atoms with van der Waals surface area (Å²) in [6.45, 7) is 6.09. The van der Waals surface area contributed by atoms with Crippen molar-refractivity contribution in [3.8, 4) is 0 Å². The number of nitrogens with one attached hydrogen (secondary N) is 2. The topological polar surface area (TPSA) is 79.2 Å². The molecule has 0 radical (unpaired) electrons. The predicted octanol–water partition coefficient (Wildman–Crippen LogP) is 0.778. The molecule has 1 aromatic rings. The summed E-state index contributed by atoms with van der Waals surface area (Å²) >= 11 is 0. The molecule has 1 aliphatic heterocycles. The molecular weight excluding hydrogens is 268 g/mol. The molecule has 21 heavy (non-hydrogen) atoms. The van der Waals surface area contributed by atoms with Crippen LogP contribution in [0.15, 0.2) is 6.07 Å². The molecule has 0 bridgehead atoms. The third kappa shape index (κ3) is 4.04. The molecule has 1 fully saturated rings. The van der Waals surface area contributed by atoms with E-state index in [2.05, 4.69) is 15.7 Å². The van der Waals surface area contributed by atoms with Crippen molar-refractivity contribution < 1.29 is 9.90 Å². The van der Waals surface area contributed by atoms with Crippen LogP contribution in [0.25, 0.3) is 0 Å². The van der Waals surface area contributed by atoms with Gasteiger partial charge in [0.15, 0.2) is 0 Å². The van der Waals surface area contributed by atoms with Crippen molar-refractivity contribution in [2.24, 2.45) is 7.05 Å². The Bertz CT molecular complexity index is 488. The van der Waals surface area contributed by atoms with Gasteiger partial charge in [-0.3, -0.25) is 9.48 Å². The van der Waals surface area contributed by atoms with E-state index in [1.54, 1.807) is 11.7 Å². The van der Waals surface area contributed by atoms with Crippen LogP contribution in [0.1, 0.15) is 55.2 Å². The third-order valence-corrected chi connectivity index (χ3v) is 4.06. The first-order valence-corrected chi connectivity index (χ1v) is 7.66. The SMILES string of the molecule is CC(C)c1cc(C(=O)NC[C@]2(O)CCCNCC2)n(C)n1. The van der Waals surface area contributed by atoms with Gasteiger partial charge < -0.3 is 15.7 Å². The number of carbonyl (C=O) groups excluding carboxylic acids is 1. The maximum atomic E-state index is 12.3. The summed E-state index contributed by atoms with van der Waals surface area (Å²) in [5.74, 6) is 0.109. The first-order valence-electron chi connectivity index (χ1n) is 7.66. The van der Waals surface area contributed by atoms with Gasteiger partial charge in [0.05, 0.1) is 11.3 Å². The Hall–Kier alpha value is -1.40. The summed E-state index contributed by atoms with van der Waals surface area (Å²) < 4.78 is 1.60. The zero-order chi connectivity index (χ0) is 15.5. The summed E-state index contributed by atoms with van der Waals surface area (Å²) in [7, 11) is 1.77. The molecule has 1 aliphatic rings. The Morgan fingerprint density at radius 1 is 1.52 bits per heavy atom. The lowest BCUT2D eigenvalue weighted by molar-refractivity contribution is 0.0274. The van der Waals surface area contributed by atoms with Crippen molar-refractivity contribution >= 4 is 5.91 Å². The highest BCUT2D eigenvalue weighted by Gasteiger charge is 2.29. The van der Waals surface area contributed by atoms with Gasteiger partial charge in [-0.15, -0.1) is 0 Å². The van der Waals surface area contributed by atoms with Gasteiger partial charge >= 0.3 is 0 Å². The summed E-state index contributed by atoms with van der Waals surface area (Å²) in [4.78, 5) is 12.3. The number of hydrogen-bond acceptors (Lipinski definition) is 4. The first kappa shape index (κ1) is 16.0. The second-order valence-corrected chi connectivity index (χ2v) is 6.24. The smallest absolute Gasteiger partial charge is 0.269 e. The Labute approximate surface area is 125 Å². The number of aromatic nitrogens is 2. The minimum atomic E-state index is -0.807. The molecule has 1 amide bonds. The summed E-state index contributed by atoms with van der Waals surface area (Å²) in [6, 6.07) is 1.82. The van der Waals surface area contributed by atoms with Gasteiger partial charge in [0.25, 0.3) is 5.91 Å². The largest absolute Gasteiger partial charge is 0.388 e. The second-order valence-electron chi connectivity index (χ2n) is 6.24. The van der Waals surface area contributed by atoms with Crippen molar-refractivity contribution in [3.05, 3.63) is 17.5 Å². The minimum absolute atomic E-state index is 0.178. The Balaban J connectivity index is 1.98. The minimum Gasteiger partial charge on any atom is -0.388 e. The van der Waals surface area contributed by atoms with Gasteiger partial charge in [-0.25, -0.2) is 0 Å². The molecule has 118 valence electrons. The number of aliphatic hydroxyl groups is 1. The van der Waals surface area contributed by atoms with Crippen LogP contribution in [-0.2, 0) is 7.05 Å². The maximum Gasteiger partial charge on any atom is 0.269 e. The molecule has 6 heteroatoms. The van der Waals surface area contributed by atoms with E-state index in [1.807, 2.05) is 19.9 Å². The summed E-state index contributed by atoms with van der Waals surface area (Å²) in [5.41, 5.74) is 0.632. The second kappa shape index (κ2) is 6.58. The van der Waals surface area contributed by atoms with E-state index in [-0.39, 0.29) is 18.4 Å². The van der Waals surface area contributed by atoms with Crippen molar-refractivity contribution in [2.45, 2.75) is 44.6 Å². The van der Waals surface area contributed by atoms with Crippen molar-refractivity contribution in [2.75, 3.05) is 19.6 Å². The standard InChI is InChI=1S/C15H26N4O2/c1-11(2)12-9-13(19(3)18-12)14(20)17-10-15(21)5-4-7-16-8-6-15/h9,11,16,21H,4-8,10H2,1-3H3,(H,17,20)/t15-/m0/s1. The summed E-state index contributed by atoms with van der Waals surface area (Å²) in [5, 5.41) is 21.0. The lowest BCUT2D eigenvalue weighted by Gasteiger charge is -2.26. The van der Waals surface area contributed by atoms with Gasteiger partial charge in [-0.2, -0.15) is 5.10 Å². The van der Waals surface area contributed by atoms with Crippen LogP contribution < -0.4 is 10.6 Å². The third-order valence-electron chi connectivity index (χ3n) is 4.06. The van der Waals surface area contributed by atoms with E-state index in [0.717, 1.165) is 25.2 Å². The van der Waals surface area contributed by atoms with Crippen LogP contribution in [0.2, 0.25) is 0 Å². The number of nitrogens with zero attached hydrogens (tertiary/aromatic N) is 2. The van der Waals surface area contributed by atoms with Gasteiger partial charge in [0.2, 0.25) is 0 Å². The van der Waals surface area contributed by atoms with E-state index in [4.69, 9.17) is 0 Å². The monoisotopic (exact) mass is 294 g/mol. The molecule has 6 nitrogen and oxygen atoms in total. The quantitative estimate of drug-likeness (QED) is 0.766. The molecule has 0 unspecified atom stereocenters. The fourth-order valence-electron chi connectivity index (χ4n) is 2.61. The first-order chi connectivity index (χ1) is 9.91. The highest BCUT2D eigenvalue weighted by Crippen LogP contribution is 2.19. The van der Waals surface area contributed by atoms with E-state index >= 15 is 0 Å². The van der Waals surface area contributed by atoms with E-state index in [0.29, 0.717) is 18.5 Å². The van der Waals surface area contributed by atoms with Crippen LogP contribution in [0.4, 0.5) is 0 Å². The molecule has 0 aromatic carbocycles. The fourth-order valence-corrected chi connectivity index (χ4v) is 2.61. The zero-order valence-electron chi connectivity index (χ0n) is 13.1. The lowest BCUT2D eigenvalue weighted by Crippen LogP contribution is -2.43. The van der Waals surface area contributed by atoms with Crippen LogP contribution in [0.3, 0.4) is 0 Å². The Morgan fingerprint density at radius 3 is 2.95 bits per heavy atom. The van der Waals surface area contributed by atoms with Gasteiger partial charge in [-0.1, -0.05) is 13.8 Å². The van der Waals surface area contributed by atoms with Crippen LogP contribution in [0, 0.1) is 0 Å². The molecule has 0 saturated carbocycles. The van der Waals surface area contributed by atoms with Crippen LogP contribution in [0.5, 0.6) is 0 Å². The zero-order valence-corrected chi connectivity index (χ0v) is 13.1. The average Bonchev–Trinajstić information content (AvgIpc) is 2.69. The van der Waals surface area contributed by atoms with Gasteiger partial charge in [-0.05, 0) is 44.3 Å². The Kier molecular flexibility index (Phi) is 5.00. The van der Waals surface area contributed by atoms with Crippen molar-refractivity contribution in [1.29, 1.82) is 0 Å². The van der Waals surface area contributed by atoms with E-state index in [9.17, 15) is 9.90 Å². The van der Waals surface area contributed by atoms with Gasteiger partial charge in [0, 0.05) is 13.6 Å². The van der Waals surface area contributed by atoms with Crippen molar-refractivity contribution in [3.63, 3.8) is 0 Å². The normalized spacial score (nSPS) is 23.1. The number of rotatable bonds is 4. The molecule has 0 spiro atoms. The molecule has 0 aliphatic carbocycles. The van der Waals surface area contributed by atoms with Gasteiger partial charge in [0.1, 0.15) is 5.69 Å². The predicted molar refractivity (Wildman–Crippen MR) is 81.3 cm³/mol. The highest BCUT2D eigenvalue weighted by molar-refractivity contribution is 5.92. The molecular formula is C15H26N4O2. The number of hydrogen-bond donors (Lipinski definition) is 3. The molecule has 1 aromatic heterocycles. The number of amides is 1.